The Kier molecular flexibility index (Phi) is 5.33. The molecule has 0 aliphatic rings. The molecule has 2 aromatic rings. The molecule has 0 saturated carbocycles. The summed E-state index contributed by atoms with van der Waals surface area (Å²) >= 11 is 3.46. The van der Waals surface area contributed by atoms with Crippen molar-refractivity contribution >= 4 is 15.9 Å². The van der Waals surface area contributed by atoms with Gasteiger partial charge < -0.3 is 15.5 Å². The standard InChI is InChI=1S/C16H19BrN2O2/c1-10(12-4-3-5-14(17)6-12)19-8-15-13(9-20)7-18-11(2)16(15)21/h3-7,10,19-21H,8-9H2,1-2H3/t10-/m0/s1. The van der Waals surface area contributed by atoms with E-state index >= 15 is 0 Å². The number of aromatic nitrogens is 1. The highest BCUT2D eigenvalue weighted by Gasteiger charge is 2.13. The molecule has 1 atom stereocenters. The molecule has 0 aliphatic heterocycles. The van der Waals surface area contributed by atoms with Crippen LogP contribution in [-0.2, 0) is 13.2 Å². The number of halogens is 1. The number of nitrogens with one attached hydrogen (secondary N) is 1. The monoisotopic (exact) mass is 350 g/mol. The molecule has 1 aromatic carbocycles. The summed E-state index contributed by atoms with van der Waals surface area (Å²) in [5.41, 5.74) is 3.07. The van der Waals surface area contributed by atoms with Crippen LogP contribution < -0.4 is 5.32 Å². The number of hydrogen-bond donors (Lipinski definition) is 3. The molecule has 1 heterocycles. The van der Waals surface area contributed by atoms with Crippen molar-refractivity contribution in [3.05, 3.63) is 57.3 Å². The van der Waals surface area contributed by atoms with Gasteiger partial charge in [0.15, 0.2) is 0 Å². The zero-order valence-electron chi connectivity index (χ0n) is 12.1. The van der Waals surface area contributed by atoms with Gasteiger partial charge in [-0.1, -0.05) is 28.1 Å². The molecule has 0 fully saturated rings. The molecule has 3 N–H and O–H groups in total. The summed E-state index contributed by atoms with van der Waals surface area (Å²) in [5, 5.41) is 22.8. The Morgan fingerprint density at radius 1 is 1.38 bits per heavy atom. The first kappa shape index (κ1) is 15.9. The molecule has 0 bridgehead atoms. The normalized spacial score (nSPS) is 12.4. The largest absolute Gasteiger partial charge is 0.506 e. The van der Waals surface area contributed by atoms with Gasteiger partial charge in [0.05, 0.1) is 12.3 Å². The van der Waals surface area contributed by atoms with Gasteiger partial charge in [0.2, 0.25) is 0 Å². The second-order valence-corrected chi connectivity index (χ2v) is 5.93. The number of nitrogens with zero attached hydrogens (tertiary/aromatic N) is 1. The van der Waals surface area contributed by atoms with Crippen molar-refractivity contribution < 1.29 is 10.2 Å². The van der Waals surface area contributed by atoms with E-state index in [1.54, 1.807) is 13.1 Å². The van der Waals surface area contributed by atoms with Crippen molar-refractivity contribution in [1.82, 2.24) is 10.3 Å². The lowest BCUT2D eigenvalue weighted by molar-refractivity contribution is 0.278. The van der Waals surface area contributed by atoms with Crippen LogP contribution in [-0.4, -0.2) is 15.2 Å². The molecular formula is C16H19BrN2O2. The zero-order valence-corrected chi connectivity index (χ0v) is 13.7. The van der Waals surface area contributed by atoms with Crippen LogP contribution >= 0.6 is 15.9 Å². The van der Waals surface area contributed by atoms with E-state index in [-0.39, 0.29) is 18.4 Å². The van der Waals surface area contributed by atoms with Gasteiger partial charge in [0.25, 0.3) is 0 Å². The summed E-state index contributed by atoms with van der Waals surface area (Å²) in [4.78, 5) is 4.06. The third kappa shape index (κ3) is 3.81. The van der Waals surface area contributed by atoms with Gasteiger partial charge in [0.1, 0.15) is 5.75 Å². The number of benzene rings is 1. The minimum absolute atomic E-state index is 0.127. The second-order valence-electron chi connectivity index (χ2n) is 5.01. The fourth-order valence-electron chi connectivity index (χ4n) is 2.17. The van der Waals surface area contributed by atoms with E-state index in [0.717, 1.165) is 10.0 Å². The summed E-state index contributed by atoms with van der Waals surface area (Å²) in [6, 6.07) is 8.21. The summed E-state index contributed by atoms with van der Waals surface area (Å²) in [5.74, 6) is 0.149. The van der Waals surface area contributed by atoms with E-state index in [9.17, 15) is 10.2 Å². The summed E-state index contributed by atoms with van der Waals surface area (Å²) in [6.45, 7) is 4.14. The van der Waals surface area contributed by atoms with Gasteiger partial charge in [-0.15, -0.1) is 0 Å². The number of rotatable bonds is 5. The van der Waals surface area contributed by atoms with Crippen molar-refractivity contribution in [2.24, 2.45) is 0 Å². The summed E-state index contributed by atoms with van der Waals surface area (Å²) in [7, 11) is 0. The Bertz CT molecular complexity index is 632. The summed E-state index contributed by atoms with van der Waals surface area (Å²) < 4.78 is 1.03. The quantitative estimate of drug-likeness (QED) is 0.774. The fourth-order valence-corrected chi connectivity index (χ4v) is 2.58. The van der Waals surface area contributed by atoms with Crippen LogP contribution in [0, 0.1) is 6.92 Å². The topological polar surface area (TPSA) is 65.4 Å². The molecule has 5 heteroatoms. The maximum absolute atomic E-state index is 10.1. The highest BCUT2D eigenvalue weighted by molar-refractivity contribution is 9.10. The number of hydrogen-bond acceptors (Lipinski definition) is 4. The van der Waals surface area contributed by atoms with Crippen LogP contribution in [0.5, 0.6) is 5.75 Å². The van der Waals surface area contributed by atoms with Crippen molar-refractivity contribution in [2.75, 3.05) is 0 Å². The molecule has 0 amide bonds. The lowest BCUT2D eigenvalue weighted by Crippen LogP contribution is -2.19. The first-order chi connectivity index (χ1) is 10.0. The molecule has 0 spiro atoms. The van der Waals surface area contributed by atoms with Crippen LogP contribution in [0.3, 0.4) is 0 Å². The fraction of sp³-hybridized carbons (Fsp3) is 0.312. The number of aliphatic hydroxyl groups excluding tert-OH is 1. The van der Waals surface area contributed by atoms with Crippen LogP contribution in [0.2, 0.25) is 0 Å². The Balaban J connectivity index is 2.14. The molecule has 0 aliphatic carbocycles. The van der Waals surface area contributed by atoms with Crippen molar-refractivity contribution in [2.45, 2.75) is 33.0 Å². The van der Waals surface area contributed by atoms with Gasteiger partial charge in [-0.05, 0) is 31.5 Å². The number of pyridine rings is 1. The van der Waals surface area contributed by atoms with Crippen LogP contribution in [0.1, 0.15) is 35.3 Å². The van der Waals surface area contributed by atoms with E-state index < -0.39 is 0 Å². The van der Waals surface area contributed by atoms with Crippen molar-refractivity contribution in [3.8, 4) is 5.75 Å². The van der Waals surface area contributed by atoms with E-state index in [2.05, 4.69) is 39.2 Å². The zero-order chi connectivity index (χ0) is 15.4. The SMILES string of the molecule is Cc1ncc(CO)c(CN[C@@H](C)c2cccc(Br)c2)c1O. The van der Waals surface area contributed by atoms with Crippen LogP contribution in [0.4, 0.5) is 0 Å². The van der Waals surface area contributed by atoms with Gasteiger partial charge in [-0.2, -0.15) is 0 Å². The van der Waals surface area contributed by atoms with Crippen molar-refractivity contribution in [1.29, 1.82) is 0 Å². The van der Waals surface area contributed by atoms with E-state index in [4.69, 9.17) is 0 Å². The Morgan fingerprint density at radius 2 is 2.14 bits per heavy atom. The Labute approximate surface area is 133 Å². The third-order valence-electron chi connectivity index (χ3n) is 3.53. The maximum atomic E-state index is 10.1. The lowest BCUT2D eigenvalue weighted by atomic mass is 10.1. The molecule has 0 saturated heterocycles. The highest BCUT2D eigenvalue weighted by Crippen LogP contribution is 2.25. The van der Waals surface area contributed by atoms with Gasteiger partial charge in [-0.25, -0.2) is 0 Å². The highest BCUT2D eigenvalue weighted by atomic mass is 79.9. The average Bonchev–Trinajstić information content (AvgIpc) is 2.48. The number of aromatic hydroxyl groups is 1. The maximum Gasteiger partial charge on any atom is 0.141 e. The predicted molar refractivity (Wildman–Crippen MR) is 86.0 cm³/mol. The molecule has 2 rings (SSSR count). The lowest BCUT2D eigenvalue weighted by Gasteiger charge is -2.17. The third-order valence-corrected chi connectivity index (χ3v) is 4.03. The molecule has 4 nitrogen and oxygen atoms in total. The minimum Gasteiger partial charge on any atom is -0.506 e. The Morgan fingerprint density at radius 3 is 2.81 bits per heavy atom. The van der Waals surface area contributed by atoms with Crippen LogP contribution in [0.15, 0.2) is 34.9 Å². The van der Waals surface area contributed by atoms with E-state index in [0.29, 0.717) is 23.4 Å². The first-order valence-electron chi connectivity index (χ1n) is 6.79. The average molecular weight is 351 g/mol. The molecular weight excluding hydrogens is 332 g/mol. The predicted octanol–water partition coefficient (Wildman–Crippen LogP) is 3.20. The van der Waals surface area contributed by atoms with E-state index in [1.165, 1.54) is 0 Å². The smallest absolute Gasteiger partial charge is 0.141 e. The number of aryl methyl sites for hydroxylation is 1. The summed E-state index contributed by atoms with van der Waals surface area (Å²) in [6.07, 6.45) is 1.61. The molecule has 112 valence electrons. The van der Waals surface area contributed by atoms with Gasteiger partial charge in [0, 0.05) is 34.4 Å². The first-order valence-corrected chi connectivity index (χ1v) is 7.58. The Hall–Kier alpha value is -1.43. The van der Waals surface area contributed by atoms with Crippen molar-refractivity contribution in [3.63, 3.8) is 0 Å². The van der Waals surface area contributed by atoms with Gasteiger partial charge >= 0.3 is 0 Å². The second kappa shape index (κ2) is 7.02. The van der Waals surface area contributed by atoms with Gasteiger partial charge in [-0.3, -0.25) is 4.98 Å². The molecule has 0 unspecified atom stereocenters. The molecule has 21 heavy (non-hydrogen) atoms. The molecule has 0 radical (unpaired) electrons. The van der Waals surface area contributed by atoms with Crippen LogP contribution in [0.25, 0.3) is 0 Å². The molecule has 1 aromatic heterocycles. The number of aliphatic hydroxyl groups is 1. The minimum atomic E-state index is -0.136. The van der Waals surface area contributed by atoms with E-state index in [1.807, 2.05) is 18.2 Å².